The predicted octanol–water partition coefficient (Wildman–Crippen LogP) is 1.19. The molecule has 0 amide bonds. The van der Waals surface area contributed by atoms with Crippen molar-refractivity contribution in [2.24, 2.45) is 4.99 Å². The quantitative estimate of drug-likeness (QED) is 0.854. The lowest BCUT2D eigenvalue weighted by Crippen LogP contribution is -2.09. The summed E-state index contributed by atoms with van der Waals surface area (Å²) in [6, 6.07) is 8.84. The van der Waals surface area contributed by atoms with Gasteiger partial charge in [-0.25, -0.2) is 4.79 Å². The Bertz CT molecular complexity index is 338. The van der Waals surface area contributed by atoms with Crippen LogP contribution in [0.15, 0.2) is 35.3 Å². The number of hydrogen-bond acceptors (Lipinski definition) is 4. The largest absolute Gasteiger partial charge is 0.482 e. The fraction of sp³-hybridized carbons (Fsp3) is 0.273. The van der Waals surface area contributed by atoms with Crippen LogP contribution in [-0.2, 0) is 4.79 Å². The Kier molecular flexibility index (Phi) is 8.50. The number of carboxylic acid groups (broad SMARTS) is 1. The molecule has 17 heavy (non-hydrogen) atoms. The number of nitrogens with one attached hydrogen (secondary N) is 1. The summed E-state index contributed by atoms with van der Waals surface area (Å²) in [5, 5.41) is 11.2. The first-order valence-electron chi connectivity index (χ1n) is 4.90. The number of aliphatic imine (C=N–C) groups is 1. The number of hydrogen-bond donors (Lipinski definition) is 2. The van der Waals surface area contributed by atoms with Gasteiger partial charge in [-0.15, -0.1) is 12.4 Å². The van der Waals surface area contributed by atoms with Crippen molar-refractivity contribution in [1.29, 1.82) is 0 Å². The molecule has 1 aromatic carbocycles. The van der Waals surface area contributed by atoms with Gasteiger partial charge in [0.25, 0.3) is 0 Å². The lowest BCUT2D eigenvalue weighted by molar-refractivity contribution is -0.139. The molecule has 0 bridgehead atoms. The molecule has 0 aliphatic carbocycles. The molecule has 1 aromatic rings. The maximum Gasteiger partial charge on any atom is 0.341 e. The summed E-state index contributed by atoms with van der Waals surface area (Å²) in [6.45, 7) is 1.70. The molecule has 0 spiro atoms. The molecule has 94 valence electrons. The van der Waals surface area contributed by atoms with E-state index < -0.39 is 5.97 Å². The number of ether oxygens (including phenoxy) is 1. The molecule has 6 heteroatoms. The highest BCUT2D eigenvalue weighted by atomic mass is 35.5. The van der Waals surface area contributed by atoms with Gasteiger partial charge in [0.1, 0.15) is 5.75 Å². The van der Waals surface area contributed by atoms with E-state index >= 15 is 0 Å². The van der Waals surface area contributed by atoms with Crippen LogP contribution in [0.4, 0.5) is 0 Å². The third-order valence-corrected chi connectivity index (χ3v) is 1.67. The van der Waals surface area contributed by atoms with Gasteiger partial charge in [-0.3, -0.25) is 4.99 Å². The number of nitrogens with zero attached hydrogens (tertiary/aromatic N) is 1. The highest BCUT2D eigenvalue weighted by molar-refractivity contribution is 5.85. The molecular formula is C11H15ClN2O3. The van der Waals surface area contributed by atoms with Crippen LogP contribution in [0.2, 0.25) is 0 Å². The van der Waals surface area contributed by atoms with E-state index in [1.807, 2.05) is 6.07 Å². The summed E-state index contributed by atoms with van der Waals surface area (Å²) in [5.41, 5.74) is 0. The topological polar surface area (TPSA) is 70.9 Å². The maximum atomic E-state index is 10.0. The molecule has 0 saturated heterocycles. The highest BCUT2D eigenvalue weighted by Crippen LogP contribution is 2.07. The van der Waals surface area contributed by atoms with E-state index in [2.05, 4.69) is 10.3 Å². The van der Waals surface area contributed by atoms with E-state index in [0.717, 1.165) is 13.1 Å². The molecule has 0 atom stereocenters. The Morgan fingerprint density at radius 2 is 2.12 bits per heavy atom. The second kappa shape index (κ2) is 9.47. The van der Waals surface area contributed by atoms with Gasteiger partial charge in [-0.1, -0.05) is 18.2 Å². The maximum absolute atomic E-state index is 10.0. The van der Waals surface area contributed by atoms with Crippen LogP contribution in [0, 0.1) is 0 Å². The lowest BCUT2D eigenvalue weighted by Gasteiger charge is -2.00. The lowest BCUT2D eigenvalue weighted by atomic mass is 10.3. The molecule has 0 fully saturated rings. The zero-order chi connectivity index (χ0) is 11.6. The van der Waals surface area contributed by atoms with Crippen LogP contribution in [0.25, 0.3) is 0 Å². The summed E-state index contributed by atoms with van der Waals surface area (Å²) in [5.74, 6) is -0.385. The summed E-state index contributed by atoms with van der Waals surface area (Å²) < 4.78 is 4.87. The SMILES string of the molecule is C1=NCCN1.Cl.O=C(O)COc1ccccc1. The van der Waals surface area contributed by atoms with Gasteiger partial charge in [0.05, 0.1) is 12.9 Å². The monoisotopic (exact) mass is 258 g/mol. The van der Waals surface area contributed by atoms with E-state index in [1.165, 1.54) is 0 Å². The average Bonchev–Trinajstić information content (AvgIpc) is 2.86. The normalized spacial score (nSPS) is 11.5. The van der Waals surface area contributed by atoms with Crippen molar-refractivity contribution in [2.75, 3.05) is 19.7 Å². The third-order valence-electron chi connectivity index (χ3n) is 1.67. The molecule has 0 aromatic heterocycles. The highest BCUT2D eigenvalue weighted by Gasteiger charge is 1.96. The number of carbonyl (C=O) groups is 1. The number of para-hydroxylation sites is 1. The average molecular weight is 259 g/mol. The fourth-order valence-electron chi connectivity index (χ4n) is 0.985. The minimum Gasteiger partial charge on any atom is -0.482 e. The van der Waals surface area contributed by atoms with Gasteiger partial charge in [0.2, 0.25) is 0 Å². The standard InChI is InChI=1S/C8H8O3.C3H6N2.ClH/c9-8(10)6-11-7-4-2-1-3-5-7;1-2-5-3-4-1;/h1-5H,6H2,(H,9,10);3H,1-2H2,(H,4,5);1H. The summed E-state index contributed by atoms with van der Waals surface area (Å²) in [6.07, 6.45) is 1.74. The molecule has 1 aliphatic rings. The number of aliphatic carboxylic acids is 1. The van der Waals surface area contributed by atoms with E-state index in [1.54, 1.807) is 30.6 Å². The zero-order valence-electron chi connectivity index (χ0n) is 9.20. The van der Waals surface area contributed by atoms with Crippen molar-refractivity contribution in [3.63, 3.8) is 0 Å². The van der Waals surface area contributed by atoms with E-state index in [0.29, 0.717) is 5.75 Å². The van der Waals surface area contributed by atoms with Crippen molar-refractivity contribution >= 4 is 24.7 Å². The number of benzene rings is 1. The first-order valence-corrected chi connectivity index (χ1v) is 4.90. The Labute approximate surface area is 106 Å². The van der Waals surface area contributed by atoms with Crippen molar-refractivity contribution < 1.29 is 14.6 Å². The van der Waals surface area contributed by atoms with Crippen molar-refractivity contribution in [3.8, 4) is 5.75 Å². The molecule has 0 radical (unpaired) electrons. The Morgan fingerprint density at radius 1 is 1.41 bits per heavy atom. The van der Waals surface area contributed by atoms with E-state index in [9.17, 15) is 4.79 Å². The second-order valence-electron chi connectivity index (χ2n) is 2.98. The Hall–Kier alpha value is -1.75. The van der Waals surface area contributed by atoms with Gasteiger partial charge >= 0.3 is 5.97 Å². The molecule has 2 rings (SSSR count). The van der Waals surface area contributed by atoms with E-state index in [4.69, 9.17) is 9.84 Å². The first kappa shape index (κ1) is 15.2. The minimum absolute atomic E-state index is 0. The Balaban J connectivity index is 0.000000360. The Morgan fingerprint density at radius 3 is 2.53 bits per heavy atom. The molecule has 2 N–H and O–H groups in total. The van der Waals surface area contributed by atoms with Crippen molar-refractivity contribution in [3.05, 3.63) is 30.3 Å². The van der Waals surface area contributed by atoms with Gasteiger partial charge in [0.15, 0.2) is 6.61 Å². The summed E-state index contributed by atoms with van der Waals surface area (Å²) >= 11 is 0. The summed E-state index contributed by atoms with van der Waals surface area (Å²) in [7, 11) is 0. The van der Waals surface area contributed by atoms with Gasteiger partial charge < -0.3 is 15.2 Å². The van der Waals surface area contributed by atoms with Crippen LogP contribution < -0.4 is 10.1 Å². The molecule has 0 unspecified atom stereocenters. The van der Waals surface area contributed by atoms with Crippen LogP contribution >= 0.6 is 12.4 Å². The minimum atomic E-state index is -0.964. The van der Waals surface area contributed by atoms with Crippen molar-refractivity contribution in [1.82, 2.24) is 5.32 Å². The zero-order valence-corrected chi connectivity index (χ0v) is 10.0. The smallest absolute Gasteiger partial charge is 0.341 e. The molecule has 1 heterocycles. The van der Waals surface area contributed by atoms with Gasteiger partial charge in [-0.2, -0.15) is 0 Å². The van der Waals surface area contributed by atoms with Gasteiger partial charge in [0, 0.05) is 6.54 Å². The number of halogens is 1. The molecule has 5 nitrogen and oxygen atoms in total. The second-order valence-corrected chi connectivity index (χ2v) is 2.98. The number of carboxylic acids is 1. The first-order chi connectivity index (χ1) is 7.79. The van der Waals surface area contributed by atoms with Crippen LogP contribution in [0.1, 0.15) is 0 Å². The van der Waals surface area contributed by atoms with Crippen LogP contribution in [-0.4, -0.2) is 37.1 Å². The van der Waals surface area contributed by atoms with E-state index in [-0.39, 0.29) is 19.0 Å². The predicted molar refractivity (Wildman–Crippen MR) is 68.2 cm³/mol. The van der Waals surface area contributed by atoms with Crippen LogP contribution in [0.3, 0.4) is 0 Å². The van der Waals surface area contributed by atoms with Crippen molar-refractivity contribution in [2.45, 2.75) is 0 Å². The molecular weight excluding hydrogens is 244 g/mol. The fourth-order valence-corrected chi connectivity index (χ4v) is 0.985. The molecule has 0 saturated carbocycles. The third kappa shape index (κ3) is 8.10. The molecule has 1 aliphatic heterocycles. The van der Waals surface area contributed by atoms with Crippen LogP contribution in [0.5, 0.6) is 5.75 Å². The number of rotatable bonds is 3. The summed E-state index contributed by atoms with van der Waals surface area (Å²) in [4.78, 5) is 13.9. The van der Waals surface area contributed by atoms with Gasteiger partial charge in [-0.05, 0) is 12.1 Å².